The molecular formula is C44H76I3N3O7Si4. The molecule has 0 spiro atoms. The zero-order chi connectivity index (χ0) is 47.6. The number of carbonyl (C=O) groups excluding carboxylic acids is 1. The number of pyridine rings is 3. The summed E-state index contributed by atoms with van der Waals surface area (Å²) in [5.74, 6) is 1.70. The van der Waals surface area contributed by atoms with Crippen LogP contribution < -0.4 is 30.2 Å². The fourth-order valence-electron chi connectivity index (χ4n) is 4.86. The Morgan fingerprint density at radius 2 is 1.00 bits per heavy atom. The van der Waals surface area contributed by atoms with E-state index in [1.54, 1.807) is 33.5 Å². The van der Waals surface area contributed by atoms with Crippen LogP contribution >= 0.6 is 67.8 Å². The van der Waals surface area contributed by atoms with Gasteiger partial charge in [-0.05, 0) is 99.8 Å². The Labute approximate surface area is 415 Å². The second kappa shape index (κ2) is 32.6. The number of hydrogen-bond acceptors (Lipinski definition) is 10. The zero-order valence-corrected chi connectivity index (χ0v) is 50.7. The van der Waals surface area contributed by atoms with Gasteiger partial charge in [-0.25, -0.2) is 15.0 Å². The molecule has 0 aliphatic rings. The molecule has 0 atom stereocenters. The number of aldehydes is 1. The fourth-order valence-corrected chi connectivity index (χ4v) is 12.5. The fraction of sp³-hybridized carbons (Fsp3) is 0.545. The summed E-state index contributed by atoms with van der Waals surface area (Å²) in [5.41, 5.74) is 2.36. The van der Waals surface area contributed by atoms with E-state index in [2.05, 4.69) is 175 Å². The summed E-state index contributed by atoms with van der Waals surface area (Å²) in [6.45, 7) is 32.3. The van der Waals surface area contributed by atoms with E-state index >= 15 is 0 Å². The van der Waals surface area contributed by atoms with Crippen molar-refractivity contribution < 1.29 is 34.0 Å². The van der Waals surface area contributed by atoms with E-state index < -0.39 is 24.2 Å². The zero-order valence-electron chi connectivity index (χ0n) is 40.1. The highest BCUT2D eigenvalue weighted by Crippen LogP contribution is 2.24. The van der Waals surface area contributed by atoms with Crippen molar-refractivity contribution in [3.63, 3.8) is 0 Å². The minimum absolute atomic E-state index is 0.0274. The highest BCUT2D eigenvalue weighted by Gasteiger charge is 2.24. The van der Waals surface area contributed by atoms with Crippen molar-refractivity contribution in [2.45, 2.75) is 125 Å². The lowest BCUT2D eigenvalue weighted by Crippen LogP contribution is -2.40. The Kier molecular flexibility index (Phi) is 33.1. The number of carbonyl (C=O) groups is 1. The Morgan fingerprint density at radius 1 is 0.623 bits per heavy atom. The minimum atomic E-state index is -1.46. The second-order valence-corrected chi connectivity index (χ2v) is 39.5. The van der Waals surface area contributed by atoms with Gasteiger partial charge in [-0.3, -0.25) is 4.79 Å². The van der Waals surface area contributed by atoms with E-state index in [1.165, 1.54) is 27.0 Å². The molecule has 0 unspecified atom stereocenters. The molecule has 2 N–H and O–H groups in total. The maximum Gasteiger partial charge on any atom is 0.224 e. The average Bonchev–Trinajstić information content (AvgIpc) is 3.20. The van der Waals surface area contributed by atoms with Gasteiger partial charge < -0.3 is 29.2 Å². The van der Waals surface area contributed by atoms with Gasteiger partial charge in [0.05, 0.1) is 64.4 Å². The van der Waals surface area contributed by atoms with Crippen molar-refractivity contribution in [1.29, 1.82) is 0 Å². The summed E-state index contributed by atoms with van der Waals surface area (Å²) in [6.07, 6.45) is 8.25. The first kappa shape index (κ1) is 62.0. The molecule has 0 amide bonds. The summed E-state index contributed by atoms with van der Waals surface area (Å²) in [4.78, 5) is 24.4. The van der Waals surface area contributed by atoms with E-state index in [1.807, 2.05) is 32.1 Å². The molecule has 17 heteroatoms. The quantitative estimate of drug-likeness (QED) is 0.0470. The lowest BCUT2D eigenvalue weighted by molar-refractivity contribution is 0.111. The summed E-state index contributed by atoms with van der Waals surface area (Å²) in [5, 5.41) is 20.5. The predicted octanol–water partition coefficient (Wildman–Crippen LogP) is 9.95. The highest BCUT2D eigenvalue weighted by molar-refractivity contribution is 14.1. The first-order chi connectivity index (χ1) is 28.4. The van der Waals surface area contributed by atoms with Crippen molar-refractivity contribution in [1.82, 2.24) is 15.0 Å². The monoisotopic (exact) mass is 1250 g/mol. The van der Waals surface area contributed by atoms with Crippen LogP contribution in [0.4, 0.5) is 0 Å². The van der Waals surface area contributed by atoms with Crippen molar-refractivity contribution in [2.24, 2.45) is 0 Å². The van der Waals surface area contributed by atoms with Crippen LogP contribution in [-0.4, -0.2) is 99.0 Å². The summed E-state index contributed by atoms with van der Waals surface area (Å²) < 4.78 is 24.5. The largest absolute Gasteiger partial charge is 0.481 e. The third kappa shape index (κ3) is 24.2. The Balaban J connectivity index is 0. The van der Waals surface area contributed by atoms with Crippen LogP contribution in [0.2, 0.25) is 77.1 Å². The molecule has 0 aromatic carbocycles. The number of halogens is 3. The van der Waals surface area contributed by atoms with Gasteiger partial charge in [0.15, 0.2) is 6.29 Å². The first-order valence-corrected chi connectivity index (χ1v) is 36.8. The van der Waals surface area contributed by atoms with Crippen molar-refractivity contribution in [3.05, 3.63) is 69.9 Å². The van der Waals surface area contributed by atoms with Crippen molar-refractivity contribution >= 4 is 123 Å². The normalized spacial score (nSPS) is 11.4. The maximum atomic E-state index is 10.9. The molecule has 3 aromatic rings. The van der Waals surface area contributed by atoms with E-state index in [4.69, 9.17) is 24.1 Å². The van der Waals surface area contributed by atoms with Crippen LogP contribution in [-0.2, 0) is 18.0 Å². The number of nitrogens with zero attached hydrogens (tertiary/aromatic N) is 3. The molecule has 3 rings (SSSR count). The Morgan fingerprint density at radius 3 is 1.30 bits per heavy atom. The lowest BCUT2D eigenvalue weighted by atomic mass is 10.3. The maximum absolute atomic E-state index is 10.9. The number of aliphatic hydroxyl groups is 2. The van der Waals surface area contributed by atoms with E-state index in [0.717, 1.165) is 35.2 Å². The van der Waals surface area contributed by atoms with Gasteiger partial charge >= 0.3 is 0 Å². The number of rotatable bonds is 16. The molecule has 0 bridgehead atoms. The van der Waals surface area contributed by atoms with Crippen LogP contribution in [0.3, 0.4) is 0 Å². The number of allylic oxidation sites excluding steroid dienone is 2. The van der Waals surface area contributed by atoms with E-state index in [-0.39, 0.29) is 22.0 Å². The summed E-state index contributed by atoms with van der Waals surface area (Å²) >= 11 is 6.70. The van der Waals surface area contributed by atoms with Gasteiger partial charge in [0.1, 0.15) is 24.2 Å². The average molecular weight is 1250 g/mol. The summed E-state index contributed by atoms with van der Waals surface area (Å²) in [6, 6.07) is 10.7. The molecule has 346 valence electrons. The lowest BCUT2D eigenvalue weighted by Gasteiger charge is -2.19. The van der Waals surface area contributed by atoms with Crippen molar-refractivity contribution in [2.75, 3.05) is 34.5 Å². The molecule has 61 heavy (non-hydrogen) atoms. The smallest absolute Gasteiger partial charge is 0.224 e. The first-order valence-electron chi connectivity index (χ1n) is 20.7. The molecule has 0 saturated heterocycles. The number of methoxy groups -OCH3 is 3. The molecule has 0 aliphatic heterocycles. The van der Waals surface area contributed by atoms with Gasteiger partial charge in [0, 0.05) is 35.5 Å². The van der Waals surface area contributed by atoms with E-state index in [9.17, 15) is 9.90 Å². The topological polar surface area (TPSA) is 133 Å². The molecule has 3 heterocycles. The van der Waals surface area contributed by atoms with Crippen LogP contribution in [0.5, 0.6) is 17.6 Å². The molecular weight excluding hydrogens is 1180 g/mol. The third-order valence-electron chi connectivity index (χ3n) is 8.97. The minimum Gasteiger partial charge on any atom is -0.481 e. The number of hydrogen-bond donors (Lipinski definition) is 2. The van der Waals surface area contributed by atoms with Gasteiger partial charge in [0.2, 0.25) is 17.6 Å². The third-order valence-corrected chi connectivity index (χ3v) is 20.6. The molecule has 0 fully saturated rings. The Hall–Kier alpha value is -1.06. The van der Waals surface area contributed by atoms with Gasteiger partial charge in [-0.15, -0.1) is 0 Å². The van der Waals surface area contributed by atoms with Crippen LogP contribution in [0.15, 0.2) is 42.5 Å². The number of aliphatic hydroxyl groups excluding tert-OH is 2. The van der Waals surface area contributed by atoms with Crippen LogP contribution in [0.25, 0.3) is 0 Å². The highest BCUT2D eigenvalue weighted by atomic mass is 127. The van der Waals surface area contributed by atoms with Gasteiger partial charge in [-0.1, -0.05) is 122 Å². The number of ether oxygens (including phenoxy) is 4. The molecule has 3 aromatic heterocycles. The van der Waals surface area contributed by atoms with Gasteiger partial charge in [-0.2, -0.15) is 0 Å². The van der Waals surface area contributed by atoms with Crippen LogP contribution in [0.1, 0.15) is 56.1 Å². The molecule has 0 saturated carbocycles. The standard InChI is InChI=1S/C14H22INO2Si.C10H16INO2Si.C10H14INO2Si.C6H16Si.C4H8O/c1-6-7-8-18-10-11-12(15)9-13(19(3,4)5)16-14(11)17-2;2*1-14-10-7(6-13)8(11)5-9(12-10)15(2,3)4;1-4-7(5-2)6-3;1-2-3-4-5/h6-7,9H,8,10H2,1-5H3;5,13H,6H2,1-4H3;5-6H,1-4H3;7H,4-6H2,1-3H3;2-3,5H,4H2,1H3. The Bertz CT molecular complexity index is 1770. The van der Waals surface area contributed by atoms with Gasteiger partial charge in [0.25, 0.3) is 0 Å². The van der Waals surface area contributed by atoms with E-state index in [0.29, 0.717) is 36.4 Å². The van der Waals surface area contributed by atoms with Crippen molar-refractivity contribution in [3.8, 4) is 17.6 Å². The molecule has 10 nitrogen and oxygen atoms in total. The molecule has 0 radical (unpaired) electrons. The summed E-state index contributed by atoms with van der Waals surface area (Å²) in [7, 11) is 0.315. The van der Waals surface area contributed by atoms with Crippen LogP contribution in [0, 0.1) is 10.7 Å². The second-order valence-electron chi connectivity index (χ2n) is 16.8. The SMILES string of the molecule is CC=CCO.CC=CCOCc1c(I)cc([Si](C)(C)C)nc1OC.CC[SiH](CC)CC.COc1nc([Si](C)(C)C)cc(I)c1C=O.COc1nc([Si](C)(C)C)cc(I)c1CO. The predicted molar refractivity (Wildman–Crippen MR) is 296 cm³/mol. The molecule has 0 aliphatic carbocycles. The number of aromatic nitrogens is 3.